The molecule has 1 amide bonds. The lowest BCUT2D eigenvalue weighted by atomic mass is 10.1. The summed E-state index contributed by atoms with van der Waals surface area (Å²) in [5.74, 6) is 0.995. The average Bonchev–Trinajstić information content (AvgIpc) is 2.80. The first-order valence-corrected chi connectivity index (χ1v) is 12.4. The van der Waals surface area contributed by atoms with E-state index in [-0.39, 0.29) is 17.3 Å². The van der Waals surface area contributed by atoms with E-state index in [1.165, 1.54) is 7.05 Å². The van der Waals surface area contributed by atoms with Crippen LogP contribution in [-0.4, -0.2) is 52.0 Å². The van der Waals surface area contributed by atoms with E-state index in [9.17, 15) is 13.2 Å². The molecule has 1 N–H and O–H groups in total. The molecule has 0 unspecified atom stereocenters. The minimum atomic E-state index is -3.78. The van der Waals surface area contributed by atoms with Crippen LogP contribution in [0.15, 0.2) is 65.6 Å². The number of hydrogen-bond donors (Lipinski definition) is 1. The van der Waals surface area contributed by atoms with Crippen LogP contribution in [0.1, 0.15) is 19.4 Å². The number of sulfonamides is 1. The summed E-state index contributed by atoms with van der Waals surface area (Å²) in [5, 5.41) is 4.58. The van der Waals surface area contributed by atoms with Crippen molar-refractivity contribution in [2.75, 3.05) is 33.4 Å². The van der Waals surface area contributed by atoms with E-state index in [1.54, 1.807) is 18.2 Å². The van der Waals surface area contributed by atoms with Crippen LogP contribution in [0.3, 0.4) is 0 Å². The summed E-state index contributed by atoms with van der Waals surface area (Å²) in [7, 11) is -2.38. The zero-order valence-electron chi connectivity index (χ0n) is 19.2. The second kappa shape index (κ2) is 11.2. The lowest BCUT2D eigenvalue weighted by molar-refractivity contribution is -0.121. The van der Waals surface area contributed by atoms with Crippen LogP contribution in [0.4, 0.5) is 0 Å². The molecule has 3 aromatic rings. The molecule has 7 nitrogen and oxygen atoms in total. The molecule has 0 aliphatic heterocycles. The van der Waals surface area contributed by atoms with Gasteiger partial charge in [0, 0.05) is 13.6 Å². The molecule has 3 rings (SSSR count). The first-order chi connectivity index (χ1) is 15.8. The Morgan fingerprint density at radius 3 is 2.33 bits per heavy atom. The van der Waals surface area contributed by atoms with Crippen molar-refractivity contribution in [3.05, 3.63) is 66.2 Å². The van der Waals surface area contributed by atoms with Gasteiger partial charge < -0.3 is 14.8 Å². The van der Waals surface area contributed by atoms with Gasteiger partial charge in [0.25, 0.3) is 0 Å². The Labute approximate surface area is 195 Å². The Kier molecular flexibility index (Phi) is 8.30. The molecule has 0 aliphatic carbocycles. The fourth-order valence-corrected chi connectivity index (χ4v) is 4.61. The van der Waals surface area contributed by atoms with E-state index >= 15 is 0 Å². The number of benzene rings is 3. The minimum Gasteiger partial charge on any atom is -0.490 e. The molecule has 0 radical (unpaired) electrons. The molecular weight excluding hydrogens is 440 g/mol. The number of likely N-dealkylation sites (N-methyl/N-ethyl adjacent to an activating group) is 1. The number of fused-ring (bicyclic) bond motifs is 1. The molecule has 0 aromatic heterocycles. The summed E-state index contributed by atoms with van der Waals surface area (Å²) in [5.41, 5.74) is 0.986. The highest BCUT2D eigenvalue weighted by Gasteiger charge is 2.23. The SMILES string of the molecule is CCOc1ccc(CCNC(=O)CN(C)S(=O)(=O)c2ccc3ccccc3c2)cc1OCC. The summed E-state index contributed by atoms with van der Waals surface area (Å²) in [6.45, 7) is 5.01. The maximum atomic E-state index is 12.9. The molecule has 0 bridgehead atoms. The van der Waals surface area contributed by atoms with Gasteiger partial charge in [-0.25, -0.2) is 8.42 Å². The summed E-state index contributed by atoms with van der Waals surface area (Å²) in [4.78, 5) is 12.5. The van der Waals surface area contributed by atoms with Gasteiger partial charge in [0.1, 0.15) is 0 Å². The molecule has 0 heterocycles. The quantitative estimate of drug-likeness (QED) is 0.463. The number of nitrogens with one attached hydrogen (secondary N) is 1. The minimum absolute atomic E-state index is 0.161. The maximum Gasteiger partial charge on any atom is 0.243 e. The van der Waals surface area contributed by atoms with Crippen molar-refractivity contribution in [2.45, 2.75) is 25.2 Å². The molecule has 0 fully saturated rings. The van der Waals surface area contributed by atoms with Gasteiger partial charge >= 0.3 is 0 Å². The standard InChI is InChI=1S/C25H30N2O5S/c1-4-31-23-13-10-19(16-24(23)32-5-2)14-15-26-25(28)18-27(3)33(29,30)22-12-11-20-8-6-7-9-21(20)17-22/h6-13,16-17H,4-5,14-15,18H2,1-3H3,(H,26,28). The van der Waals surface area contributed by atoms with E-state index in [4.69, 9.17) is 9.47 Å². The maximum absolute atomic E-state index is 12.9. The van der Waals surface area contributed by atoms with Gasteiger partial charge in [-0.3, -0.25) is 4.79 Å². The molecule has 0 atom stereocenters. The molecule has 3 aromatic carbocycles. The molecule has 0 aliphatic rings. The van der Waals surface area contributed by atoms with Crippen molar-refractivity contribution in [2.24, 2.45) is 0 Å². The van der Waals surface area contributed by atoms with Crippen molar-refractivity contribution in [1.29, 1.82) is 0 Å². The first-order valence-electron chi connectivity index (χ1n) is 11.0. The first kappa shape index (κ1) is 24.5. The summed E-state index contributed by atoms with van der Waals surface area (Å²) < 4.78 is 38.1. The van der Waals surface area contributed by atoms with E-state index in [2.05, 4.69) is 5.32 Å². The van der Waals surface area contributed by atoms with E-state index in [0.717, 1.165) is 20.6 Å². The highest BCUT2D eigenvalue weighted by molar-refractivity contribution is 7.89. The number of ether oxygens (including phenoxy) is 2. The number of rotatable bonds is 11. The largest absolute Gasteiger partial charge is 0.490 e. The smallest absolute Gasteiger partial charge is 0.243 e. The number of carbonyl (C=O) groups excluding carboxylic acids is 1. The molecule has 33 heavy (non-hydrogen) atoms. The fraction of sp³-hybridized carbons (Fsp3) is 0.320. The second-order valence-corrected chi connectivity index (χ2v) is 9.56. The Balaban J connectivity index is 1.57. The van der Waals surface area contributed by atoms with Crippen LogP contribution in [0.5, 0.6) is 11.5 Å². The van der Waals surface area contributed by atoms with Gasteiger partial charge in [0.05, 0.1) is 24.7 Å². The van der Waals surface area contributed by atoms with Crippen molar-refractivity contribution >= 4 is 26.7 Å². The molecule has 176 valence electrons. The number of nitrogens with zero attached hydrogens (tertiary/aromatic N) is 1. The van der Waals surface area contributed by atoms with Crippen molar-refractivity contribution in [3.63, 3.8) is 0 Å². The average molecular weight is 471 g/mol. The molecule has 8 heteroatoms. The van der Waals surface area contributed by atoms with Crippen molar-refractivity contribution in [3.8, 4) is 11.5 Å². The highest BCUT2D eigenvalue weighted by Crippen LogP contribution is 2.28. The van der Waals surface area contributed by atoms with Crippen LogP contribution in [-0.2, 0) is 21.2 Å². The monoisotopic (exact) mass is 470 g/mol. The Bertz CT molecular complexity index is 1210. The number of hydrogen-bond acceptors (Lipinski definition) is 5. The molecule has 0 saturated carbocycles. The predicted octanol–water partition coefficient (Wildman–Crippen LogP) is 3.62. The highest BCUT2D eigenvalue weighted by atomic mass is 32.2. The van der Waals surface area contributed by atoms with Gasteiger partial charge in [-0.1, -0.05) is 36.4 Å². The van der Waals surface area contributed by atoms with E-state index in [0.29, 0.717) is 37.7 Å². The van der Waals surface area contributed by atoms with Crippen LogP contribution in [0, 0.1) is 0 Å². The van der Waals surface area contributed by atoms with E-state index < -0.39 is 10.0 Å². The van der Waals surface area contributed by atoms with Gasteiger partial charge in [0.2, 0.25) is 15.9 Å². The normalized spacial score (nSPS) is 11.5. The second-order valence-electron chi connectivity index (χ2n) is 7.52. The summed E-state index contributed by atoms with van der Waals surface area (Å²) in [6, 6.07) is 18.2. The van der Waals surface area contributed by atoms with E-state index in [1.807, 2.05) is 56.3 Å². The Morgan fingerprint density at radius 1 is 0.909 bits per heavy atom. The van der Waals surface area contributed by atoms with Gasteiger partial charge in [-0.15, -0.1) is 0 Å². The third-order valence-electron chi connectivity index (χ3n) is 5.14. The number of amides is 1. The van der Waals surface area contributed by atoms with Crippen LogP contribution in [0.25, 0.3) is 10.8 Å². The summed E-state index contributed by atoms with van der Waals surface area (Å²) >= 11 is 0. The topological polar surface area (TPSA) is 84.9 Å². The third-order valence-corrected chi connectivity index (χ3v) is 6.94. The lowest BCUT2D eigenvalue weighted by Gasteiger charge is -2.17. The third kappa shape index (κ3) is 6.24. The Hall–Kier alpha value is -3.10. The van der Waals surface area contributed by atoms with Gasteiger partial charge in [0.15, 0.2) is 11.5 Å². The zero-order chi connectivity index (χ0) is 23.8. The predicted molar refractivity (Wildman–Crippen MR) is 129 cm³/mol. The van der Waals surface area contributed by atoms with Crippen LogP contribution >= 0.6 is 0 Å². The molecule has 0 spiro atoms. The number of carbonyl (C=O) groups is 1. The zero-order valence-corrected chi connectivity index (χ0v) is 20.0. The molecule has 0 saturated heterocycles. The summed E-state index contributed by atoms with van der Waals surface area (Å²) in [6.07, 6.45) is 0.583. The lowest BCUT2D eigenvalue weighted by Crippen LogP contribution is -2.39. The van der Waals surface area contributed by atoms with Crippen molar-refractivity contribution in [1.82, 2.24) is 9.62 Å². The fourth-order valence-electron chi connectivity index (χ4n) is 3.45. The van der Waals surface area contributed by atoms with Crippen molar-refractivity contribution < 1.29 is 22.7 Å². The Morgan fingerprint density at radius 2 is 1.61 bits per heavy atom. The van der Waals surface area contributed by atoms with Crippen LogP contribution in [0.2, 0.25) is 0 Å². The van der Waals surface area contributed by atoms with Crippen LogP contribution < -0.4 is 14.8 Å². The molecular formula is C25H30N2O5S. The van der Waals surface area contributed by atoms with Gasteiger partial charge in [-0.05, 0) is 60.9 Å². The van der Waals surface area contributed by atoms with Gasteiger partial charge in [-0.2, -0.15) is 4.31 Å².